The number of rotatable bonds is 4. The molecule has 0 aliphatic heterocycles. The largest absolute Gasteiger partial charge is 0.389 e. The molecular formula is C10H13NO3S. The van der Waals surface area contributed by atoms with Crippen molar-refractivity contribution in [2.24, 2.45) is 0 Å². The lowest BCUT2D eigenvalue weighted by Gasteiger charge is -2.16. The Kier molecular flexibility index (Phi) is 4.74. The molecule has 0 saturated heterocycles. The summed E-state index contributed by atoms with van der Waals surface area (Å²) in [5, 5.41) is 19.2. The van der Waals surface area contributed by atoms with Crippen molar-refractivity contribution in [1.82, 2.24) is 4.98 Å². The number of nitrogens with zero attached hydrogens (tertiary/aromatic N) is 1. The van der Waals surface area contributed by atoms with Crippen LogP contribution >= 0.6 is 11.8 Å². The van der Waals surface area contributed by atoms with E-state index in [9.17, 15) is 15.0 Å². The van der Waals surface area contributed by atoms with Gasteiger partial charge in [-0.15, -0.1) is 0 Å². The van der Waals surface area contributed by atoms with E-state index in [-0.39, 0.29) is 10.9 Å². The van der Waals surface area contributed by atoms with Gasteiger partial charge in [0.2, 0.25) is 0 Å². The fraction of sp³-hybridized carbons (Fsp3) is 0.400. The maximum absolute atomic E-state index is 10.7. The minimum absolute atomic E-state index is 0.0732. The molecule has 1 heterocycles. The SMILES string of the molecule is CC(=O)SCC(O)C(O)c1ccncc1. The van der Waals surface area contributed by atoms with E-state index in [1.165, 1.54) is 6.92 Å². The molecule has 0 saturated carbocycles. The molecule has 1 aromatic rings. The molecule has 0 spiro atoms. The van der Waals surface area contributed by atoms with E-state index >= 15 is 0 Å². The van der Waals surface area contributed by atoms with Gasteiger partial charge in [0.05, 0.1) is 6.10 Å². The molecule has 0 radical (unpaired) electrons. The van der Waals surface area contributed by atoms with Crippen molar-refractivity contribution in [3.63, 3.8) is 0 Å². The molecule has 2 atom stereocenters. The van der Waals surface area contributed by atoms with Crippen LogP contribution < -0.4 is 0 Å². The Bertz CT molecular complexity index is 318. The van der Waals surface area contributed by atoms with Gasteiger partial charge >= 0.3 is 0 Å². The van der Waals surface area contributed by atoms with Crippen LogP contribution in [0, 0.1) is 0 Å². The third-order valence-electron chi connectivity index (χ3n) is 1.87. The summed E-state index contributed by atoms with van der Waals surface area (Å²) < 4.78 is 0. The summed E-state index contributed by atoms with van der Waals surface area (Å²) in [6.45, 7) is 1.43. The molecule has 2 unspecified atom stereocenters. The zero-order valence-corrected chi connectivity index (χ0v) is 9.15. The topological polar surface area (TPSA) is 70.4 Å². The first-order valence-corrected chi connectivity index (χ1v) is 5.49. The first kappa shape index (κ1) is 12.2. The smallest absolute Gasteiger partial charge is 0.185 e. The van der Waals surface area contributed by atoms with E-state index in [4.69, 9.17) is 0 Å². The maximum atomic E-state index is 10.7. The second-order valence-corrected chi connectivity index (χ2v) is 4.29. The number of carbonyl (C=O) groups excluding carboxylic acids is 1. The normalized spacial score (nSPS) is 14.6. The number of carbonyl (C=O) groups is 1. The summed E-state index contributed by atoms with van der Waals surface area (Å²) in [5.41, 5.74) is 0.599. The van der Waals surface area contributed by atoms with Gasteiger partial charge in [0.1, 0.15) is 6.10 Å². The van der Waals surface area contributed by atoms with E-state index in [1.807, 2.05) is 0 Å². The number of aliphatic hydroxyl groups is 2. The first-order chi connectivity index (χ1) is 7.11. The van der Waals surface area contributed by atoms with Crippen molar-refractivity contribution in [3.05, 3.63) is 30.1 Å². The highest BCUT2D eigenvalue weighted by Crippen LogP contribution is 2.19. The van der Waals surface area contributed by atoms with Gasteiger partial charge in [-0.25, -0.2) is 0 Å². The molecule has 2 N–H and O–H groups in total. The van der Waals surface area contributed by atoms with Crippen molar-refractivity contribution >= 4 is 16.9 Å². The van der Waals surface area contributed by atoms with Gasteiger partial charge in [0.15, 0.2) is 5.12 Å². The highest BCUT2D eigenvalue weighted by Gasteiger charge is 2.18. The summed E-state index contributed by atoms with van der Waals surface area (Å²) >= 11 is 0.998. The standard InChI is InChI=1S/C10H13NO3S/c1-7(12)15-6-9(13)10(14)8-2-4-11-5-3-8/h2-5,9-10,13-14H,6H2,1H3. The second kappa shape index (κ2) is 5.85. The first-order valence-electron chi connectivity index (χ1n) is 4.50. The average molecular weight is 227 g/mol. The molecule has 4 nitrogen and oxygen atoms in total. The van der Waals surface area contributed by atoms with E-state index < -0.39 is 12.2 Å². The third-order valence-corrected chi connectivity index (χ3v) is 2.78. The molecule has 0 aromatic carbocycles. The van der Waals surface area contributed by atoms with E-state index in [2.05, 4.69) is 4.98 Å². The molecule has 0 aliphatic carbocycles. The summed E-state index contributed by atoms with van der Waals surface area (Å²) in [6, 6.07) is 3.26. The lowest BCUT2D eigenvalue weighted by atomic mass is 10.1. The van der Waals surface area contributed by atoms with Gasteiger partial charge in [-0.05, 0) is 17.7 Å². The van der Waals surface area contributed by atoms with Crippen LogP contribution in [0.4, 0.5) is 0 Å². The average Bonchev–Trinajstić information content (AvgIpc) is 2.26. The lowest BCUT2D eigenvalue weighted by molar-refractivity contribution is -0.109. The molecule has 5 heteroatoms. The predicted molar refractivity (Wildman–Crippen MR) is 58.3 cm³/mol. The number of thioether (sulfide) groups is 1. The monoisotopic (exact) mass is 227 g/mol. The Balaban J connectivity index is 2.53. The zero-order valence-electron chi connectivity index (χ0n) is 8.33. The van der Waals surface area contributed by atoms with Crippen molar-refractivity contribution in [3.8, 4) is 0 Å². The highest BCUT2D eigenvalue weighted by molar-refractivity contribution is 8.13. The van der Waals surface area contributed by atoms with Crippen LogP contribution in [0.2, 0.25) is 0 Å². The summed E-state index contributed by atoms with van der Waals surface area (Å²) in [5.74, 6) is 0.193. The van der Waals surface area contributed by atoms with Gasteiger partial charge in [-0.3, -0.25) is 9.78 Å². The van der Waals surface area contributed by atoms with Gasteiger partial charge in [0.25, 0.3) is 0 Å². The quantitative estimate of drug-likeness (QED) is 0.794. The molecule has 1 aromatic heterocycles. The van der Waals surface area contributed by atoms with E-state index in [0.717, 1.165) is 11.8 Å². The molecule has 1 rings (SSSR count). The van der Waals surface area contributed by atoms with Crippen molar-refractivity contribution in [2.75, 3.05) is 5.75 Å². The van der Waals surface area contributed by atoms with Crippen molar-refractivity contribution in [1.29, 1.82) is 0 Å². The van der Waals surface area contributed by atoms with Crippen LogP contribution in [0.5, 0.6) is 0 Å². The predicted octanol–water partition coefficient (Wildman–Crippen LogP) is 0.756. The number of hydrogen-bond donors (Lipinski definition) is 2. The van der Waals surface area contributed by atoms with Crippen LogP contribution in [0.3, 0.4) is 0 Å². The number of hydrogen-bond acceptors (Lipinski definition) is 5. The van der Waals surface area contributed by atoms with Gasteiger partial charge in [-0.1, -0.05) is 11.8 Å². The number of pyridine rings is 1. The Hall–Kier alpha value is -0.910. The number of aliphatic hydroxyl groups excluding tert-OH is 2. The fourth-order valence-electron chi connectivity index (χ4n) is 1.08. The van der Waals surface area contributed by atoms with Crippen LogP contribution in [-0.4, -0.2) is 32.2 Å². The van der Waals surface area contributed by atoms with Crippen LogP contribution in [0.1, 0.15) is 18.6 Å². The molecule has 0 fully saturated rings. The molecule has 0 amide bonds. The van der Waals surface area contributed by atoms with Crippen LogP contribution in [-0.2, 0) is 4.79 Å². The molecular weight excluding hydrogens is 214 g/mol. The molecule has 0 aliphatic rings. The minimum Gasteiger partial charge on any atom is -0.389 e. The van der Waals surface area contributed by atoms with Crippen LogP contribution in [0.15, 0.2) is 24.5 Å². The van der Waals surface area contributed by atoms with E-state index in [1.54, 1.807) is 24.5 Å². The summed E-state index contributed by atoms with van der Waals surface area (Å²) in [4.78, 5) is 14.5. The molecule has 15 heavy (non-hydrogen) atoms. The van der Waals surface area contributed by atoms with Crippen molar-refractivity contribution < 1.29 is 15.0 Å². The summed E-state index contributed by atoms with van der Waals surface area (Å²) in [6.07, 6.45) is 1.17. The minimum atomic E-state index is -0.972. The molecule has 0 bridgehead atoms. The Morgan fingerprint density at radius 1 is 1.47 bits per heavy atom. The Morgan fingerprint density at radius 2 is 2.07 bits per heavy atom. The second-order valence-electron chi connectivity index (χ2n) is 3.10. The lowest BCUT2D eigenvalue weighted by Crippen LogP contribution is -2.21. The maximum Gasteiger partial charge on any atom is 0.185 e. The summed E-state index contributed by atoms with van der Waals surface area (Å²) in [7, 11) is 0. The third kappa shape index (κ3) is 3.99. The van der Waals surface area contributed by atoms with E-state index in [0.29, 0.717) is 5.56 Å². The molecule has 82 valence electrons. The fourth-order valence-corrected chi connectivity index (χ4v) is 1.66. The Morgan fingerprint density at radius 3 is 2.60 bits per heavy atom. The number of aromatic nitrogens is 1. The zero-order chi connectivity index (χ0) is 11.3. The van der Waals surface area contributed by atoms with Gasteiger partial charge < -0.3 is 10.2 Å². The van der Waals surface area contributed by atoms with Crippen LogP contribution in [0.25, 0.3) is 0 Å². The van der Waals surface area contributed by atoms with Gasteiger partial charge in [-0.2, -0.15) is 0 Å². The van der Waals surface area contributed by atoms with Gasteiger partial charge in [0, 0.05) is 25.1 Å². The van der Waals surface area contributed by atoms with Crippen molar-refractivity contribution in [2.45, 2.75) is 19.1 Å². The Labute approximate surface area is 92.3 Å². The highest BCUT2D eigenvalue weighted by atomic mass is 32.2.